The molecule has 1 saturated carbocycles. The average Bonchev–Trinajstić information content (AvgIpc) is 2.96. The third-order valence-electron chi connectivity index (χ3n) is 4.72. The maximum atomic E-state index is 12.2. The molecule has 1 saturated heterocycles. The SMILES string of the molecule is Cl.Cl.Cl.O=C(CN1CCNCC1)Nc1ccnn1CC1CCCCC1. The molecule has 2 fully saturated rings. The standard InChI is InChI=1S/C16H27N5O.3ClH/c22-16(13-20-10-8-17-9-11-20)19-15-6-7-18-21(15)12-14-4-2-1-3-5-14;;;/h6-7,14,17H,1-5,8-13H2,(H,19,22);3*1H. The van der Waals surface area contributed by atoms with Crippen molar-refractivity contribution in [3.8, 4) is 0 Å². The van der Waals surface area contributed by atoms with Gasteiger partial charge in [-0.2, -0.15) is 5.10 Å². The van der Waals surface area contributed by atoms with Crippen molar-refractivity contribution in [3.63, 3.8) is 0 Å². The molecule has 6 nitrogen and oxygen atoms in total. The van der Waals surface area contributed by atoms with Gasteiger partial charge in [-0.1, -0.05) is 19.3 Å². The summed E-state index contributed by atoms with van der Waals surface area (Å²) in [5.41, 5.74) is 0. The maximum absolute atomic E-state index is 12.2. The molecule has 0 radical (unpaired) electrons. The van der Waals surface area contributed by atoms with E-state index in [-0.39, 0.29) is 43.1 Å². The van der Waals surface area contributed by atoms with Crippen molar-refractivity contribution < 1.29 is 4.79 Å². The molecule has 1 aromatic heterocycles. The summed E-state index contributed by atoms with van der Waals surface area (Å²) in [6.45, 7) is 5.20. The molecule has 1 amide bonds. The van der Waals surface area contributed by atoms with Crippen LogP contribution in [0.1, 0.15) is 32.1 Å². The van der Waals surface area contributed by atoms with E-state index in [0.29, 0.717) is 12.5 Å². The third kappa shape index (κ3) is 7.71. The van der Waals surface area contributed by atoms with Crippen LogP contribution in [0.3, 0.4) is 0 Å². The molecule has 0 spiro atoms. The molecule has 1 aliphatic heterocycles. The molecule has 9 heteroatoms. The second-order valence-electron chi connectivity index (χ2n) is 6.48. The van der Waals surface area contributed by atoms with Crippen molar-refractivity contribution in [1.82, 2.24) is 20.0 Å². The number of amides is 1. The van der Waals surface area contributed by atoms with Gasteiger partial charge < -0.3 is 10.6 Å². The highest BCUT2D eigenvalue weighted by atomic mass is 35.5. The summed E-state index contributed by atoms with van der Waals surface area (Å²) >= 11 is 0. The molecule has 0 atom stereocenters. The number of nitrogens with one attached hydrogen (secondary N) is 2. The van der Waals surface area contributed by atoms with Gasteiger partial charge in [0.2, 0.25) is 5.91 Å². The van der Waals surface area contributed by atoms with Crippen molar-refractivity contribution in [1.29, 1.82) is 0 Å². The summed E-state index contributed by atoms with van der Waals surface area (Å²) in [5.74, 6) is 1.61. The van der Waals surface area contributed by atoms with Crippen LogP contribution in [-0.4, -0.2) is 53.3 Å². The average molecular weight is 415 g/mol. The molecule has 0 unspecified atom stereocenters. The predicted octanol–water partition coefficient (Wildman–Crippen LogP) is 2.57. The molecule has 1 aromatic rings. The Morgan fingerprint density at radius 1 is 1.16 bits per heavy atom. The highest BCUT2D eigenvalue weighted by Crippen LogP contribution is 2.25. The lowest BCUT2D eigenvalue weighted by atomic mass is 9.89. The van der Waals surface area contributed by atoms with Crippen molar-refractivity contribution >= 4 is 48.9 Å². The molecule has 0 aromatic carbocycles. The van der Waals surface area contributed by atoms with Crippen LogP contribution in [0.2, 0.25) is 0 Å². The highest BCUT2D eigenvalue weighted by molar-refractivity contribution is 5.91. The van der Waals surface area contributed by atoms with Crippen LogP contribution in [0.15, 0.2) is 12.3 Å². The Morgan fingerprint density at radius 2 is 1.84 bits per heavy atom. The number of nitrogens with zero attached hydrogens (tertiary/aromatic N) is 3. The van der Waals surface area contributed by atoms with Gasteiger partial charge in [0.1, 0.15) is 5.82 Å². The Bertz CT molecular complexity index is 488. The fourth-order valence-corrected chi connectivity index (χ4v) is 3.45. The lowest BCUT2D eigenvalue weighted by Crippen LogP contribution is -2.46. The van der Waals surface area contributed by atoms with Gasteiger partial charge >= 0.3 is 0 Å². The van der Waals surface area contributed by atoms with E-state index in [1.807, 2.05) is 10.7 Å². The minimum absolute atomic E-state index is 0. The topological polar surface area (TPSA) is 62.2 Å². The third-order valence-corrected chi connectivity index (χ3v) is 4.72. The molecule has 2 heterocycles. The normalized spacial score (nSPS) is 18.4. The highest BCUT2D eigenvalue weighted by Gasteiger charge is 2.18. The smallest absolute Gasteiger partial charge is 0.239 e. The number of hydrogen-bond donors (Lipinski definition) is 2. The Morgan fingerprint density at radius 3 is 2.52 bits per heavy atom. The van der Waals surface area contributed by atoms with Gasteiger partial charge in [-0.05, 0) is 18.8 Å². The Balaban J connectivity index is 0.00000192. The van der Waals surface area contributed by atoms with Gasteiger partial charge in [-0.15, -0.1) is 37.2 Å². The van der Waals surface area contributed by atoms with Crippen LogP contribution in [-0.2, 0) is 11.3 Å². The van der Waals surface area contributed by atoms with Crippen LogP contribution in [0, 0.1) is 5.92 Å². The van der Waals surface area contributed by atoms with E-state index in [9.17, 15) is 4.79 Å². The van der Waals surface area contributed by atoms with Crippen LogP contribution in [0.4, 0.5) is 5.82 Å². The first-order valence-corrected chi connectivity index (χ1v) is 8.56. The van der Waals surface area contributed by atoms with E-state index >= 15 is 0 Å². The molecule has 0 bridgehead atoms. The second-order valence-corrected chi connectivity index (χ2v) is 6.48. The van der Waals surface area contributed by atoms with Crippen molar-refractivity contribution in [2.24, 2.45) is 5.92 Å². The number of hydrogen-bond acceptors (Lipinski definition) is 4. The molecule has 2 aliphatic rings. The van der Waals surface area contributed by atoms with Gasteiger partial charge in [0.15, 0.2) is 0 Å². The van der Waals surface area contributed by atoms with E-state index in [4.69, 9.17) is 0 Å². The second kappa shape index (κ2) is 12.8. The zero-order valence-electron chi connectivity index (χ0n) is 14.5. The van der Waals surface area contributed by atoms with E-state index in [2.05, 4.69) is 20.6 Å². The lowest BCUT2D eigenvalue weighted by Gasteiger charge is -2.26. The van der Waals surface area contributed by atoms with Gasteiger partial charge in [-0.25, -0.2) is 4.68 Å². The van der Waals surface area contributed by atoms with E-state index in [0.717, 1.165) is 38.5 Å². The van der Waals surface area contributed by atoms with Crippen LogP contribution < -0.4 is 10.6 Å². The fourth-order valence-electron chi connectivity index (χ4n) is 3.45. The van der Waals surface area contributed by atoms with E-state index in [1.54, 1.807) is 6.20 Å². The number of anilines is 1. The molecule has 1 aliphatic carbocycles. The van der Waals surface area contributed by atoms with Crippen LogP contribution in [0.25, 0.3) is 0 Å². The summed E-state index contributed by atoms with van der Waals surface area (Å²) in [6.07, 6.45) is 8.38. The predicted molar refractivity (Wildman–Crippen MR) is 108 cm³/mol. The molecule has 2 N–H and O–H groups in total. The van der Waals surface area contributed by atoms with Crippen LogP contribution >= 0.6 is 37.2 Å². The van der Waals surface area contributed by atoms with E-state index in [1.165, 1.54) is 32.1 Å². The first-order valence-electron chi connectivity index (χ1n) is 8.56. The van der Waals surface area contributed by atoms with Crippen LogP contribution in [0.5, 0.6) is 0 Å². The number of piperazine rings is 1. The van der Waals surface area contributed by atoms with Gasteiger partial charge in [0, 0.05) is 38.8 Å². The summed E-state index contributed by atoms with van der Waals surface area (Å²) < 4.78 is 1.96. The lowest BCUT2D eigenvalue weighted by molar-refractivity contribution is -0.117. The Kier molecular flexibility index (Phi) is 12.5. The Labute approximate surface area is 168 Å². The molecular weight excluding hydrogens is 385 g/mol. The molecule has 146 valence electrons. The summed E-state index contributed by atoms with van der Waals surface area (Å²) in [7, 11) is 0. The first-order chi connectivity index (χ1) is 10.8. The number of aromatic nitrogens is 2. The fraction of sp³-hybridized carbons (Fsp3) is 0.750. The summed E-state index contributed by atoms with van der Waals surface area (Å²) in [5, 5.41) is 10.7. The molecule has 25 heavy (non-hydrogen) atoms. The number of rotatable bonds is 5. The largest absolute Gasteiger partial charge is 0.314 e. The summed E-state index contributed by atoms with van der Waals surface area (Å²) in [4.78, 5) is 14.4. The number of halogens is 3. The van der Waals surface area contributed by atoms with Gasteiger partial charge in [0.25, 0.3) is 0 Å². The van der Waals surface area contributed by atoms with Gasteiger partial charge in [0.05, 0.1) is 12.7 Å². The maximum Gasteiger partial charge on any atom is 0.239 e. The summed E-state index contributed by atoms with van der Waals surface area (Å²) in [6, 6.07) is 1.90. The zero-order chi connectivity index (χ0) is 15.2. The quantitative estimate of drug-likeness (QED) is 0.777. The monoisotopic (exact) mass is 413 g/mol. The number of carbonyl (C=O) groups is 1. The number of carbonyl (C=O) groups excluding carboxylic acids is 1. The minimum Gasteiger partial charge on any atom is -0.314 e. The van der Waals surface area contributed by atoms with Gasteiger partial charge in [-0.3, -0.25) is 9.69 Å². The van der Waals surface area contributed by atoms with Crippen molar-refractivity contribution in [2.75, 3.05) is 38.0 Å². The van der Waals surface area contributed by atoms with E-state index < -0.39 is 0 Å². The molecule has 3 rings (SSSR count). The molecular formula is C16H30Cl3N5O. The van der Waals surface area contributed by atoms with Crippen molar-refractivity contribution in [3.05, 3.63) is 12.3 Å². The van der Waals surface area contributed by atoms with Crippen molar-refractivity contribution in [2.45, 2.75) is 38.6 Å². The Hall–Kier alpha value is -0.530. The first kappa shape index (κ1) is 24.5. The minimum atomic E-state index is 0. The zero-order valence-corrected chi connectivity index (χ0v) is 16.9.